The Morgan fingerprint density at radius 1 is 0.323 bits per heavy atom. The van der Waals surface area contributed by atoms with Gasteiger partial charge in [0.15, 0.2) is 0 Å². The Hall–Kier alpha value is -13.2. The van der Waals surface area contributed by atoms with Gasteiger partial charge >= 0.3 is 0 Å². The summed E-state index contributed by atoms with van der Waals surface area (Å²) in [4.78, 5) is 147. The van der Waals surface area contributed by atoms with Crippen LogP contribution in [0.1, 0.15) is 134 Å². The van der Waals surface area contributed by atoms with Gasteiger partial charge in [0.2, 0.25) is 59.1 Å². The summed E-state index contributed by atoms with van der Waals surface area (Å²) in [5.74, 6) is 1.70. The Kier molecular flexibility index (Phi) is 32.8. The maximum absolute atomic E-state index is 13.0. The van der Waals surface area contributed by atoms with E-state index in [9.17, 15) is 47.9 Å². The number of ether oxygens (including phenoxy) is 3. The molecular formula is C101H111Cl2N11O13. The van der Waals surface area contributed by atoms with Crippen molar-refractivity contribution < 1.29 is 62.2 Å². The molecule has 0 aliphatic carbocycles. The van der Waals surface area contributed by atoms with E-state index in [4.69, 9.17) is 37.4 Å². The van der Waals surface area contributed by atoms with E-state index in [0.29, 0.717) is 48.6 Å². The number of rotatable bonds is 22. The van der Waals surface area contributed by atoms with Crippen molar-refractivity contribution in [2.45, 2.75) is 153 Å². The molecule has 0 radical (unpaired) electrons. The second-order valence-electron chi connectivity index (χ2n) is 31.9. The van der Waals surface area contributed by atoms with Crippen molar-refractivity contribution in [1.29, 1.82) is 0 Å². The average Bonchev–Trinajstić information content (AvgIpc) is 1.64. The molecule has 0 N–H and O–H groups in total. The predicted molar refractivity (Wildman–Crippen MR) is 488 cm³/mol. The summed E-state index contributed by atoms with van der Waals surface area (Å²) in [6.45, 7) is 8.04. The number of methoxy groups -OCH3 is 3. The Morgan fingerprint density at radius 2 is 0.598 bits per heavy atom. The summed E-state index contributed by atoms with van der Waals surface area (Å²) in [6, 6.07) is 78.0. The van der Waals surface area contributed by atoms with Gasteiger partial charge in [-0.15, -0.1) is 0 Å². The fraction of sp³-hybridized carbons (Fsp3) is 0.317. The molecule has 10 atom stereocenters. The van der Waals surface area contributed by atoms with Crippen molar-refractivity contribution in [3.8, 4) is 17.2 Å². The minimum Gasteiger partial charge on any atom is -0.497 e. The number of benzene rings is 9. The van der Waals surface area contributed by atoms with Gasteiger partial charge < -0.3 is 63.2 Å². The lowest BCUT2D eigenvalue weighted by Crippen LogP contribution is -2.43. The van der Waals surface area contributed by atoms with Gasteiger partial charge in [-0.1, -0.05) is 218 Å². The van der Waals surface area contributed by atoms with Gasteiger partial charge in [-0.05, 0) is 142 Å². The third-order valence-electron chi connectivity index (χ3n) is 23.6. The number of carbonyl (C=O) groups excluding carboxylic acids is 10. The number of aromatic nitrogens is 1. The predicted octanol–water partition coefficient (Wildman–Crippen LogP) is 14.9. The molecule has 0 spiro atoms. The summed E-state index contributed by atoms with van der Waals surface area (Å²) in [5, 5.41) is 1.23. The highest BCUT2D eigenvalue weighted by Crippen LogP contribution is 2.41. The standard InChI is InChI=1S/C22H26N2O3.C21H24N2O2.C20H21ClN2O3.C20H22N2O3.C18H18ClN3O2/c1-4-8-20(25)24-19(15-16-11-13-18(27-3)14-12-16)22(26)23(2)21(24)17-9-6-5-7-10-17;1-16(24)23-19(15-18-11-7-4-8-12-18)21(25)22(2)20(23)14-13-17-9-5-3-6-10-17;1-13(24)23-18(12-14-4-10-17(26-3)11-5-14)20(25)22(2)19(23)15-6-8-16(21)9-7-15;1-14(23)22-18(13-15-9-11-17(25-3)12-10-15)20(24)21(2)19(22)16-7-5-4-6-8-16;1-12(23)22-16(10-13-4-3-9-20-11-13)18(24)21(2)17(22)14-5-7-15(19)8-6-14/h5-7,9-14,19,21H,4,8,15H2,1-3H3;3-12,19-20H,13-15H2,1-2H3;4-11,18-19H,12H2,1-3H3;4-12,18-19H,13H2,1-3H3;3-9,11,16-17H,10H2,1-2H3/t19-,21?;19-,20?;2*18-,19?;16-,17?/m11111/s1. The molecular weight excluding hydrogens is 1650 g/mol. The van der Waals surface area contributed by atoms with E-state index in [2.05, 4.69) is 17.1 Å². The minimum atomic E-state index is -0.536. The largest absolute Gasteiger partial charge is 0.497 e. The Balaban J connectivity index is 0.000000154. The van der Waals surface area contributed by atoms with Crippen LogP contribution in [0.3, 0.4) is 0 Å². The quantitative estimate of drug-likeness (QED) is 0.0613. The molecule has 10 aromatic rings. The smallest absolute Gasteiger partial charge is 0.247 e. The molecule has 0 saturated carbocycles. The van der Waals surface area contributed by atoms with Crippen LogP contribution < -0.4 is 14.2 Å². The molecule has 5 aliphatic rings. The zero-order valence-corrected chi connectivity index (χ0v) is 75.5. The molecule has 5 saturated heterocycles. The van der Waals surface area contributed by atoms with E-state index < -0.39 is 42.5 Å². The minimum absolute atomic E-state index is 0.0163. The monoisotopic (exact) mass is 1760 g/mol. The lowest BCUT2D eigenvalue weighted by molar-refractivity contribution is -0.136. The Bertz CT molecular complexity index is 5390. The van der Waals surface area contributed by atoms with Gasteiger partial charge in [-0.3, -0.25) is 52.9 Å². The van der Waals surface area contributed by atoms with Gasteiger partial charge in [0.05, 0.1) is 21.3 Å². The second kappa shape index (κ2) is 44.1. The summed E-state index contributed by atoms with van der Waals surface area (Å²) in [6.07, 6.45) is 6.86. The highest BCUT2D eigenvalue weighted by atomic mass is 35.5. The molecule has 26 heteroatoms. The molecule has 9 aromatic carbocycles. The maximum Gasteiger partial charge on any atom is 0.247 e. The third-order valence-corrected chi connectivity index (χ3v) is 24.1. The van der Waals surface area contributed by atoms with Crippen molar-refractivity contribution in [1.82, 2.24) is 54.0 Å². The third kappa shape index (κ3) is 22.7. The number of carbonyl (C=O) groups is 10. The summed E-state index contributed by atoms with van der Waals surface area (Å²) < 4.78 is 15.5. The molecule has 10 amide bonds. The molecule has 662 valence electrons. The molecule has 6 heterocycles. The van der Waals surface area contributed by atoms with E-state index in [1.54, 1.807) is 149 Å². The first-order chi connectivity index (χ1) is 61.1. The topological polar surface area (TPSA) is 244 Å². The van der Waals surface area contributed by atoms with Gasteiger partial charge in [0, 0.05) is 124 Å². The van der Waals surface area contributed by atoms with Gasteiger partial charge in [0.1, 0.15) is 78.3 Å². The molecule has 0 bridgehead atoms. The zero-order chi connectivity index (χ0) is 91.3. The number of pyridine rings is 1. The summed E-state index contributed by atoms with van der Waals surface area (Å²) in [7, 11) is 13.6. The van der Waals surface area contributed by atoms with Crippen LogP contribution in [-0.2, 0) is 86.5 Å². The highest BCUT2D eigenvalue weighted by Gasteiger charge is 2.51. The van der Waals surface area contributed by atoms with Gasteiger partial charge in [-0.2, -0.15) is 0 Å². The number of aryl methyl sites for hydroxylation is 1. The van der Waals surface area contributed by atoms with Gasteiger partial charge in [0.25, 0.3) is 0 Å². The first-order valence-corrected chi connectivity index (χ1v) is 43.1. The number of likely N-dealkylation sites (N-methyl/N-ethyl adjacent to an activating group) is 5. The van der Waals surface area contributed by atoms with E-state index in [1.165, 1.54) is 26.3 Å². The molecule has 5 aliphatic heterocycles. The van der Waals surface area contributed by atoms with E-state index >= 15 is 0 Å². The molecule has 1 aromatic heterocycles. The van der Waals surface area contributed by atoms with Crippen LogP contribution in [0.4, 0.5) is 0 Å². The number of hydrogen-bond donors (Lipinski definition) is 0. The maximum atomic E-state index is 13.0. The first kappa shape index (κ1) is 94.5. The van der Waals surface area contributed by atoms with Crippen LogP contribution in [0.25, 0.3) is 0 Å². The second-order valence-corrected chi connectivity index (χ2v) is 32.8. The van der Waals surface area contributed by atoms with Crippen LogP contribution >= 0.6 is 23.2 Å². The Morgan fingerprint density at radius 3 is 0.913 bits per heavy atom. The van der Waals surface area contributed by atoms with E-state index in [-0.39, 0.29) is 77.6 Å². The van der Waals surface area contributed by atoms with Crippen LogP contribution in [0, 0.1) is 0 Å². The Labute approximate surface area is 754 Å². The zero-order valence-electron chi connectivity index (χ0n) is 74.0. The van der Waals surface area contributed by atoms with Crippen LogP contribution in [0.2, 0.25) is 10.0 Å². The number of nitrogens with zero attached hydrogens (tertiary/aromatic N) is 11. The summed E-state index contributed by atoms with van der Waals surface area (Å²) in [5.41, 5.74) is 9.80. The number of amides is 10. The molecule has 5 unspecified atom stereocenters. The number of hydrogen-bond acceptors (Lipinski definition) is 14. The van der Waals surface area contributed by atoms with E-state index in [0.717, 1.165) is 86.6 Å². The number of halogens is 2. The molecule has 24 nitrogen and oxygen atoms in total. The molecule has 5 fully saturated rings. The molecule has 127 heavy (non-hydrogen) atoms. The lowest BCUT2D eigenvalue weighted by Gasteiger charge is -2.30. The normalized spacial score (nSPS) is 20.0. The van der Waals surface area contributed by atoms with Gasteiger partial charge in [-0.25, -0.2) is 0 Å². The van der Waals surface area contributed by atoms with Crippen molar-refractivity contribution in [3.05, 3.63) is 333 Å². The first-order valence-electron chi connectivity index (χ1n) is 42.3. The van der Waals surface area contributed by atoms with Crippen LogP contribution in [0.5, 0.6) is 17.2 Å². The fourth-order valence-corrected chi connectivity index (χ4v) is 17.5. The van der Waals surface area contributed by atoms with Crippen molar-refractivity contribution in [2.75, 3.05) is 56.6 Å². The molecule has 15 rings (SSSR count). The fourth-order valence-electron chi connectivity index (χ4n) is 17.3. The van der Waals surface area contributed by atoms with Crippen molar-refractivity contribution in [3.63, 3.8) is 0 Å². The van der Waals surface area contributed by atoms with Crippen molar-refractivity contribution >= 4 is 82.3 Å². The van der Waals surface area contributed by atoms with Crippen LogP contribution in [0.15, 0.2) is 267 Å². The van der Waals surface area contributed by atoms with E-state index in [1.807, 2.05) is 225 Å². The van der Waals surface area contributed by atoms with Crippen molar-refractivity contribution in [2.24, 2.45) is 0 Å². The summed E-state index contributed by atoms with van der Waals surface area (Å²) >= 11 is 11.9. The average molecular weight is 1760 g/mol. The van der Waals surface area contributed by atoms with Crippen LogP contribution in [-0.4, -0.2) is 206 Å². The highest BCUT2D eigenvalue weighted by molar-refractivity contribution is 6.30. The SMILES string of the molecule is CC(=O)N1C(CCc2ccccc2)N(C)C(=O)[C@H]1Cc1ccccc1.CC(=O)N1C(c2ccc(Cl)cc2)N(C)C(=O)[C@H]1Cc1cccnc1.CCCC(=O)N1C(c2ccccc2)N(C)C(=O)[C@H]1Cc1ccc(OC)cc1.COc1ccc(C[C@@H]2C(=O)N(C)C(c3ccc(Cl)cc3)N2C(C)=O)cc1.COc1ccc(C[C@@H]2C(=O)N(C)C(c3ccccc3)N2C(C)=O)cc1. The lowest BCUT2D eigenvalue weighted by atomic mass is 10.0.